The van der Waals surface area contributed by atoms with E-state index in [-0.39, 0.29) is 35.4 Å². The third-order valence-electron chi connectivity index (χ3n) is 4.35. The number of nitrogens with zero attached hydrogens (tertiary/aromatic N) is 2. The van der Waals surface area contributed by atoms with E-state index in [4.69, 9.17) is 5.73 Å². The number of carbonyl (C=O) groups excluding carboxylic acids is 3. The maximum atomic E-state index is 12.6. The van der Waals surface area contributed by atoms with Gasteiger partial charge >= 0.3 is 5.97 Å². The fourth-order valence-corrected chi connectivity index (χ4v) is 4.01. The van der Waals surface area contributed by atoms with E-state index in [1.807, 2.05) is 0 Å². The lowest BCUT2D eigenvalue weighted by Crippen LogP contribution is -2.09. The van der Waals surface area contributed by atoms with Gasteiger partial charge in [0.25, 0.3) is 5.91 Å². The number of rotatable bonds is 7. The van der Waals surface area contributed by atoms with E-state index in [9.17, 15) is 18.6 Å². The van der Waals surface area contributed by atoms with Crippen LogP contribution in [-0.4, -0.2) is 46.1 Å². The summed E-state index contributed by atoms with van der Waals surface area (Å²) in [5, 5.41) is 2.68. The number of benzene rings is 1. The third-order valence-corrected chi connectivity index (χ3v) is 5.95. The second-order valence-corrected chi connectivity index (χ2v) is 9.77. The Morgan fingerprint density at radius 1 is 1.21 bits per heavy atom. The Kier molecular flexibility index (Phi) is 9.12. The second kappa shape index (κ2) is 11.8. The molecule has 174 valence electrons. The summed E-state index contributed by atoms with van der Waals surface area (Å²) in [5.74, 6) is 4.88. The quantitative estimate of drug-likeness (QED) is 0.360. The van der Waals surface area contributed by atoms with Crippen LogP contribution in [0.1, 0.15) is 47.7 Å². The molecule has 0 saturated heterocycles. The molecule has 0 saturated carbocycles. The lowest BCUT2D eigenvalue weighted by molar-refractivity contribution is -0.140. The minimum Gasteiger partial charge on any atom is -0.469 e. The standard InChI is InChI=1S/C23H26N4O5S/c1-16(28)26-20-8-6-7-17(13-20)10-11-18-14-19(15-25-22(18)24)23(30)27-33(3,31)12-5-4-9-21(29)32-2/h6-8,13-15H,4-5,9,12H2,1-3H3,(H2,24,25)(H,26,28)/t33-/m0/s1. The number of carbonyl (C=O) groups is 3. The first-order valence-electron chi connectivity index (χ1n) is 10.1. The van der Waals surface area contributed by atoms with Crippen molar-refractivity contribution >= 4 is 39.0 Å². The molecular formula is C23H26N4O5S. The third kappa shape index (κ3) is 8.74. The Hall–Kier alpha value is -3.71. The average molecular weight is 471 g/mol. The molecule has 2 aromatic rings. The average Bonchev–Trinajstić information content (AvgIpc) is 2.75. The number of nitrogen functional groups attached to an aromatic ring is 1. The summed E-state index contributed by atoms with van der Waals surface area (Å²) in [6.45, 7) is 1.41. The number of pyridine rings is 1. The molecule has 2 rings (SSSR count). The van der Waals surface area contributed by atoms with Gasteiger partial charge in [-0.1, -0.05) is 17.9 Å². The molecule has 1 heterocycles. The van der Waals surface area contributed by atoms with Crippen LogP contribution in [0.25, 0.3) is 0 Å². The lowest BCUT2D eigenvalue weighted by Gasteiger charge is -2.05. The molecule has 0 spiro atoms. The number of anilines is 2. The predicted octanol–water partition coefficient (Wildman–Crippen LogP) is 2.60. The van der Waals surface area contributed by atoms with Crippen LogP contribution in [-0.2, 0) is 24.1 Å². The molecule has 0 bridgehead atoms. The Bertz CT molecular complexity index is 1240. The van der Waals surface area contributed by atoms with Gasteiger partial charge in [0.1, 0.15) is 5.82 Å². The fourth-order valence-electron chi connectivity index (χ4n) is 2.72. The molecule has 33 heavy (non-hydrogen) atoms. The number of nitrogens with two attached hydrogens (primary N) is 1. The molecule has 1 aromatic carbocycles. The Labute approximate surface area is 193 Å². The van der Waals surface area contributed by atoms with Crippen molar-refractivity contribution in [1.29, 1.82) is 0 Å². The number of unbranched alkanes of at least 4 members (excludes halogenated alkanes) is 1. The fraction of sp³-hybridized carbons (Fsp3) is 0.304. The van der Waals surface area contributed by atoms with E-state index < -0.39 is 15.6 Å². The van der Waals surface area contributed by atoms with Crippen LogP contribution in [0.4, 0.5) is 11.5 Å². The van der Waals surface area contributed by atoms with Gasteiger partial charge in [-0.2, -0.15) is 4.36 Å². The molecule has 0 fully saturated rings. The zero-order valence-corrected chi connectivity index (χ0v) is 19.5. The van der Waals surface area contributed by atoms with Gasteiger partial charge in [0.2, 0.25) is 5.91 Å². The summed E-state index contributed by atoms with van der Waals surface area (Å²) >= 11 is 0. The highest BCUT2D eigenvalue weighted by atomic mass is 32.2. The van der Waals surface area contributed by atoms with Crippen molar-refractivity contribution in [2.24, 2.45) is 4.36 Å². The lowest BCUT2D eigenvalue weighted by atomic mass is 10.1. The van der Waals surface area contributed by atoms with Crippen LogP contribution in [0.2, 0.25) is 0 Å². The molecule has 0 aliphatic heterocycles. The number of esters is 1. The zero-order valence-electron chi connectivity index (χ0n) is 18.7. The molecule has 1 atom stereocenters. The SMILES string of the molecule is COC(=O)CCCC[S@](C)(=O)=NC(=O)c1cnc(N)c(C#Cc2cccc(NC(C)=O)c2)c1. The molecule has 9 nitrogen and oxygen atoms in total. The molecule has 2 amide bonds. The van der Waals surface area contributed by atoms with Crippen LogP contribution >= 0.6 is 0 Å². The first kappa shape index (κ1) is 25.5. The number of hydrogen-bond donors (Lipinski definition) is 2. The monoisotopic (exact) mass is 470 g/mol. The number of amides is 2. The van der Waals surface area contributed by atoms with Gasteiger partial charge in [0.15, 0.2) is 0 Å². The van der Waals surface area contributed by atoms with Crippen LogP contribution in [0.3, 0.4) is 0 Å². The van der Waals surface area contributed by atoms with Crippen molar-refractivity contribution in [3.63, 3.8) is 0 Å². The Balaban J connectivity index is 2.17. The van der Waals surface area contributed by atoms with Crippen LogP contribution in [0, 0.1) is 11.8 Å². The van der Waals surface area contributed by atoms with Gasteiger partial charge in [-0.3, -0.25) is 14.4 Å². The highest BCUT2D eigenvalue weighted by Crippen LogP contribution is 2.14. The molecule has 1 aromatic heterocycles. The molecule has 10 heteroatoms. The van der Waals surface area contributed by atoms with Crippen LogP contribution in [0.5, 0.6) is 0 Å². The summed E-state index contributed by atoms with van der Waals surface area (Å²) in [6, 6.07) is 8.40. The summed E-state index contributed by atoms with van der Waals surface area (Å²) in [4.78, 5) is 38.9. The van der Waals surface area contributed by atoms with Crippen molar-refractivity contribution in [3.05, 3.63) is 53.2 Å². The number of hydrogen-bond acceptors (Lipinski definition) is 7. The van der Waals surface area contributed by atoms with Gasteiger partial charge in [0, 0.05) is 42.8 Å². The molecule has 0 radical (unpaired) electrons. The Morgan fingerprint density at radius 2 is 1.97 bits per heavy atom. The molecule has 0 aliphatic carbocycles. The molecule has 3 N–H and O–H groups in total. The summed E-state index contributed by atoms with van der Waals surface area (Å²) in [7, 11) is -1.48. The predicted molar refractivity (Wildman–Crippen MR) is 127 cm³/mol. The van der Waals surface area contributed by atoms with E-state index in [0.29, 0.717) is 29.7 Å². The summed E-state index contributed by atoms with van der Waals surface area (Å²) in [5.41, 5.74) is 7.56. The van der Waals surface area contributed by atoms with Crippen molar-refractivity contribution in [3.8, 4) is 11.8 Å². The van der Waals surface area contributed by atoms with Crippen molar-refractivity contribution < 1.29 is 23.3 Å². The number of aromatic nitrogens is 1. The van der Waals surface area contributed by atoms with Gasteiger partial charge in [0.05, 0.1) is 28.0 Å². The minimum atomic E-state index is -2.78. The van der Waals surface area contributed by atoms with Crippen molar-refractivity contribution in [2.75, 3.05) is 30.2 Å². The van der Waals surface area contributed by atoms with Crippen LogP contribution < -0.4 is 11.1 Å². The van der Waals surface area contributed by atoms with E-state index in [1.54, 1.807) is 24.3 Å². The van der Waals surface area contributed by atoms with E-state index in [2.05, 4.69) is 31.2 Å². The first-order valence-corrected chi connectivity index (χ1v) is 12.1. The van der Waals surface area contributed by atoms with E-state index >= 15 is 0 Å². The number of nitrogens with one attached hydrogen (secondary N) is 1. The maximum absolute atomic E-state index is 12.6. The van der Waals surface area contributed by atoms with Gasteiger partial charge in [-0.15, -0.1) is 0 Å². The minimum absolute atomic E-state index is 0.115. The second-order valence-electron chi connectivity index (χ2n) is 7.26. The van der Waals surface area contributed by atoms with Gasteiger partial charge in [-0.25, -0.2) is 9.19 Å². The van der Waals surface area contributed by atoms with Gasteiger partial charge in [-0.05, 0) is 37.1 Å². The summed E-state index contributed by atoms with van der Waals surface area (Å²) < 4.78 is 21.1. The topological polar surface area (TPSA) is 141 Å². The van der Waals surface area contributed by atoms with E-state index in [0.717, 1.165) is 0 Å². The van der Waals surface area contributed by atoms with Crippen molar-refractivity contribution in [1.82, 2.24) is 4.98 Å². The zero-order chi connectivity index (χ0) is 24.4. The highest BCUT2D eigenvalue weighted by molar-refractivity contribution is 7.93. The number of methoxy groups -OCH3 is 1. The largest absolute Gasteiger partial charge is 0.469 e. The summed E-state index contributed by atoms with van der Waals surface area (Å²) in [6.07, 6.45) is 3.84. The first-order chi connectivity index (χ1) is 15.6. The molecule has 0 aliphatic rings. The normalized spacial score (nSPS) is 12.0. The number of ether oxygens (including phenoxy) is 1. The van der Waals surface area contributed by atoms with Gasteiger partial charge < -0.3 is 15.8 Å². The smallest absolute Gasteiger partial charge is 0.305 e. The van der Waals surface area contributed by atoms with Crippen LogP contribution in [0.15, 0.2) is 40.9 Å². The Morgan fingerprint density at radius 3 is 2.67 bits per heavy atom. The maximum Gasteiger partial charge on any atom is 0.305 e. The van der Waals surface area contributed by atoms with E-state index in [1.165, 1.54) is 32.6 Å². The molecular weight excluding hydrogens is 444 g/mol. The molecule has 0 unspecified atom stereocenters. The van der Waals surface area contributed by atoms with Crippen molar-refractivity contribution in [2.45, 2.75) is 26.2 Å². The highest BCUT2D eigenvalue weighted by Gasteiger charge is 2.12.